The zero-order valence-corrected chi connectivity index (χ0v) is 10.7. The van der Waals surface area contributed by atoms with Gasteiger partial charge in [0.2, 0.25) is 0 Å². The highest BCUT2D eigenvalue weighted by atomic mass is 35.5. The van der Waals surface area contributed by atoms with Crippen molar-refractivity contribution in [3.05, 3.63) is 28.8 Å². The molecule has 0 saturated carbocycles. The number of benzene rings is 1. The molecule has 1 saturated heterocycles. The molecule has 1 heterocycles. The second kappa shape index (κ2) is 4.96. The van der Waals surface area contributed by atoms with Gasteiger partial charge >= 0.3 is 0 Å². The van der Waals surface area contributed by atoms with E-state index in [1.54, 1.807) is 18.2 Å². The van der Waals surface area contributed by atoms with Gasteiger partial charge in [0.15, 0.2) is 0 Å². The smallest absolute Gasteiger partial charge is 0.255 e. The number of hydrogen-bond donors (Lipinski definition) is 1. The van der Waals surface area contributed by atoms with Gasteiger partial charge in [0.05, 0.1) is 10.6 Å². The monoisotopic (exact) mass is 252 g/mol. The van der Waals surface area contributed by atoms with Gasteiger partial charge in [-0.2, -0.15) is 0 Å². The molecule has 0 radical (unpaired) electrons. The maximum Gasteiger partial charge on any atom is 0.255 e. The molecule has 2 N–H and O–H groups in total. The minimum absolute atomic E-state index is 0.00509. The summed E-state index contributed by atoms with van der Waals surface area (Å²) >= 11 is 6.05. The molecule has 0 aliphatic carbocycles. The number of amides is 1. The standard InChI is InChI=1S/C13H17ClN2O/c1-9-4-2-3-7-16(9)13(17)11-8-10(15)5-6-12(11)14/h5-6,8-9H,2-4,7,15H2,1H3/t9-/m1/s1. The van der Waals surface area contributed by atoms with Crippen LogP contribution in [0, 0.1) is 0 Å². The molecule has 1 aromatic rings. The van der Waals surface area contributed by atoms with Crippen LogP contribution in [-0.2, 0) is 0 Å². The molecule has 1 aliphatic heterocycles. The summed E-state index contributed by atoms with van der Waals surface area (Å²) in [6.45, 7) is 2.89. The van der Waals surface area contributed by atoms with E-state index >= 15 is 0 Å². The van der Waals surface area contributed by atoms with Crippen molar-refractivity contribution in [2.75, 3.05) is 12.3 Å². The summed E-state index contributed by atoms with van der Waals surface area (Å²) in [6.07, 6.45) is 3.32. The van der Waals surface area contributed by atoms with E-state index in [0.717, 1.165) is 19.4 Å². The first kappa shape index (κ1) is 12.2. The number of nitrogen functional groups attached to an aromatic ring is 1. The van der Waals surface area contributed by atoms with Crippen LogP contribution < -0.4 is 5.73 Å². The number of anilines is 1. The molecule has 0 aromatic heterocycles. The predicted octanol–water partition coefficient (Wildman–Crippen LogP) is 2.94. The Bertz CT molecular complexity index is 433. The Morgan fingerprint density at radius 1 is 1.47 bits per heavy atom. The third kappa shape index (κ3) is 2.55. The van der Waals surface area contributed by atoms with Gasteiger partial charge in [0, 0.05) is 18.3 Å². The Balaban J connectivity index is 2.26. The van der Waals surface area contributed by atoms with E-state index < -0.39 is 0 Å². The molecule has 92 valence electrons. The first-order valence-electron chi connectivity index (χ1n) is 5.95. The zero-order chi connectivity index (χ0) is 12.4. The van der Waals surface area contributed by atoms with Crippen molar-refractivity contribution in [2.24, 2.45) is 0 Å². The van der Waals surface area contributed by atoms with Gasteiger partial charge in [0.25, 0.3) is 5.91 Å². The van der Waals surface area contributed by atoms with Gasteiger partial charge < -0.3 is 10.6 Å². The fourth-order valence-corrected chi connectivity index (χ4v) is 2.46. The number of piperidine rings is 1. The minimum atomic E-state index is -0.00509. The van der Waals surface area contributed by atoms with E-state index in [9.17, 15) is 4.79 Å². The fourth-order valence-electron chi connectivity index (χ4n) is 2.26. The Morgan fingerprint density at radius 2 is 2.24 bits per heavy atom. The number of halogens is 1. The fraction of sp³-hybridized carbons (Fsp3) is 0.462. The molecule has 1 aromatic carbocycles. The summed E-state index contributed by atoms with van der Waals surface area (Å²) < 4.78 is 0. The highest BCUT2D eigenvalue weighted by Gasteiger charge is 2.25. The first-order chi connectivity index (χ1) is 8.09. The largest absolute Gasteiger partial charge is 0.399 e. The van der Waals surface area contributed by atoms with Crippen molar-refractivity contribution in [2.45, 2.75) is 32.2 Å². The Kier molecular flexibility index (Phi) is 3.57. The third-order valence-electron chi connectivity index (χ3n) is 3.28. The summed E-state index contributed by atoms with van der Waals surface area (Å²) in [6, 6.07) is 5.33. The molecule has 1 fully saturated rings. The molecule has 0 spiro atoms. The van der Waals surface area contributed by atoms with Gasteiger partial charge in [-0.15, -0.1) is 0 Å². The van der Waals surface area contributed by atoms with Crippen molar-refractivity contribution in [1.29, 1.82) is 0 Å². The van der Waals surface area contributed by atoms with Crippen LogP contribution in [0.4, 0.5) is 5.69 Å². The number of rotatable bonds is 1. The van der Waals surface area contributed by atoms with Gasteiger partial charge in [-0.1, -0.05) is 11.6 Å². The van der Waals surface area contributed by atoms with Crippen LogP contribution in [0.5, 0.6) is 0 Å². The number of carbonyl (C=O) groups is 1. The second-order valence-electron chi connectivity index (χ2n) is 4.58. The summed E-state index contributed by atoms with van der Waals surface area (Å²) in [5, 5.41) is 0.474. The van der Waals surface area contributed by atoms with Crippen LogP contribution >= 0.6 is 11.6 Å². The van der Waals surface area contributed by atoms with Gasteiger partial charge in [-0.25, -0.2) is 0 Å². The number of nitrogens with two attached hydrogens (primary N) is 1. The SMILES string of the molecule is C[C@@H]1CCCCN1C(=O)c1cc(N)ccc1Cl. The van der Waals surface area contributed by atoms with Crippen LogP contribution in [0.15, 0.2) is 18.2 Å². The highest BCUT2D eigenvalue weighted by molar-refractivity contribution is 6.34. The lowest BCUT2D eigenvalue weighted by Crippen LogP contribution is -2.42. The molecule has 4 heteroatoms. The van der Waals surface area contributed by atoms with Crippen molar-refractivity contribution < 1.29 is 4.79 Å². The molecule has 3 nitrogen and oxygen atoms in total. The van der Waals surface area contributed by atoms with Gasteiger partial charge in [-0.3, -0.25) is 4.79 Å². The number of nitrogens with zero attached hydrogens (tertiary/aromatic N) is 1. The van der Waals surface area contributed by atoms with Crippen LogP contribution in [-0.4, -0.2) is 23.4 Å². The van der Waals surface area contributed by atoms with Crippen LogP contribution in [0.25, 0.3) is 0 Å². The number of carbonyl (C=O) groups excluding carboxylic acids is 1. The summed E-state index contributed by atoms with van der Waals surface area (Å²) in [5.41, 5.74) is 6.79. The predicted molar refractivity (Wildman–Crippen MR) is 70.2 cm³/mol. The molecule has 1 aliphatic rings. The lowest BCUT2D eigenvalue weighted by atomic mass is 10.0. The van der Waals surface area contributed by atoms with E-state index in [1.807, 2.05) is 4.90 Å². The average Bonchev–Trinajstić information content (AvgIpc) is 2.32. The van der Waals surface area contributed by atoms with Crippen molar-refractivity contribution in [3.63, 3.8) is 0 Å². The maximum atomic E-state index is 12.4. The molecule has 17 heavy (non-hydrogen) atoms. The molecule has 1 atom stereocenters. The van der Waals surface area contributed by atoms with Crippen molar-refractivity contribution >= 4 is 23.2 Å². The Morgan fingerprint density at radius 3 is 2.94 bits per heavy atom. The normalized spacial score (nSPS) is 20.4. The van der Waals surface area contributed by atoms with E-state index in [1.165, 1.54) is 6.42 Å². The maximum absolute atomic E-state index is 12.4. The van der Waals surface area contributed by atoms with Crippen LogP contribution in [0.3, 0.4) is 0 Å². The number of hydrogen-bond acceptors (Lipinski definition) is 2. The molecule has 0 bridgehead atoms. The molecule has 1 amide bonds. The summed E-state index contributed by atoms with van der Waals surface area (Å²) in [4.78, 5) is 14.3. The van der Waals surface area contributed by atoms with Crippen LogP contribution in [0.1, 0.15) is 36.5 Å². The van der Waals surface area contributed by atoms with Gasteiger partial charge in [0.1, 0.15) is 0 Å². The summed E-state index contributed by atoms with van der Waals surface area (Å²) in [7, 11) is 0. The number of likely N-dealkylation sites (tertiary alicyclic amines) is 1. The van der Waals surface area contributed by atoms with Crippen molar-refractivity contribution in [1.82, 2.24) is 4.90 Å². The van der Waals surface area contributed by atoms with Crippen molar-refractivity contribution in [3.8, 4) is 0 Å². The lowest BCUT2D eigenvalue weighted by molar-refractivity contribution is 0.0636. The second-order valence-corrected chi connectivity index (χ2v) is 4.99. The summed E-state index contributed by atoms with van der Waals surface area (Å²) in [5.74, 6) is -0.00509. The Labute approximate surface area is 107 Å². The average molecular weight is 253 g/mol. The molecular formula is C13H17ClN2O. The van der Waals surface area contributed by atoms with Crippen LogP contribution in [0.2, 0.25) is 5.02 Å². The van der Waals surface area contributed by atoms with E-state index in [0.29, 0.717) is 16.3 Å². The molecule has 2 rings (SSSR count). The quantitative estimate of drug-likeness (QED) is 0.781. The first-order valence-corrected chi connectivity index (χ1v) is 6.33. The Hall–Kier alpha value is -1.22. The third-order valence-corrected chi connectivity index (χ3v) is 3.61. The zero-order valence-electron chi connectivity index (χ0n) is 9.95. The van der Waals surface area contributed by atoms with E-state index in [4.69, 9.17) is 17.3 Å². The lowest BCUT2D eigenvalue weighted by Gasteiger charge is -2.33. The van der Waals surface area contributed by atoms with Gasteiger partial charge in [-0.05, 0) is 44.4 Å². The topological polar surface area (TPSA) is 46.3 Å². The van der Waals surface area contributed by atoms with E-state index in [-0.39, 0.29) is 11.9 Å². The minimum Gasteiger partial charge on any atom is -0.399 e. The highest BCUT2D eigenvalue weighted by Crippen LogP contribution is 2.24. The van der Waals surface area contributed by atoms with E-state index in [2.05, 4.69) is 6.92 Å². The molecular weight excluding hydrogens is 236 g/mol. The molecule has 0 unspecified atom stereocenters.